The van der Waals surface area contributed by atoms with Gasteiger partial charge >= 0.3 is 0 Å². The van der Waals surface area contributed by atoms with Gasteiger partial charge in [-0.05, 0) is 112 Å². The molecule has 4 aromatic carbocycles. The van der Waals surface area contributed by atoms with Crippen LogP contribution in [-0.4, -0.2) is 43.0 Å². The van der Waals surface area contributed by atoms with Crippen LogP contribution in [-0.2, 0) is 11.2 Å². The molecular weight excluding hydrogens is 565 g/mol. The average molecular weight is 605 g/mol. The molecule has 0 saturated heterocycles. The standard InChI is InChI=1S/C36H39Cl2NO3/c1-26-7-19-32(20-8-26)41-25-35(40)36(2,3)42-33-21-9-27(10-22-33)6-5-23-39(4)24-34(28-11-15-30(37)16-12-28)29-13-17-31(38)18-14-29/h7-22,34H,5-6,23-25H2,1-4H3. The zero-order valence-corrected chi connectivity index (χ0v) is 26.3. The molecule has 42 heavy (non-hydrogen) atoms. The minimum Gasteiger partial charge on any atom is -0.486 e. The van der Waals surface area contributed by atoms with Gasteiger partial charge in [0.25, 0.3) is 0 Å². The molecule has 0 aliphatic carbocycles. The Balaban J connectivity index is 1.26. The van der Waals surface area contributed by atoms with Crippen molar-refractivity contribution in [2.24, 2.45) is 0 Å². The predicted molar refractivity (Wildman–Crippen MR) is 173 cm³/mol. The number of benzene rings is 4. The molecule has 0 N–H and O–H groups in total. The molecule has 0 fully saturated rings. The Morgan fingerprint density at radius 1 is 0.786 bits per heavy atom. The molecule has 0 heterocycles. The molecule has 0 aliphatic rings. The molecule has 6 heteroatoms. The highest BCUT2D eigenvalue weighted by Crippen LogP contribution is 2.28. The Labute approximate surface area is 260 Å². The molecule has 4 rings (SSSR count). The van der Waals surface area contributed by atoms with Crippen LogP contribution in [0.3, 0.4) is 0 Å². The first-order valence-electron chi connectivity index (χ1n) is 14.3. The number of Topliss-reactive ketones (excluding diaryl/α,β-unsaturated/α-hetero) is 1. The second-order valence-corrected chi connectivity index (χ2v) is 12.2. The van der Waals surface area contributed by atoms with E-state index in [2.05, 4.69) is 48.3 Å². The van der Waals surface area contributed by atoms with Crippen LogP contribution in [0.2, 0.25) is 10.0 Å². The first kappa shape index (κ1) is 31.6. The maximum Gasteiger partial charge on any atom is 0.212 e. The number of rotatable bonds is 14. The topological polar surface area (TPSA) is 38.8 Å². The SMILES string of the molecule is Cc1ccc(OCC(=O)C(C)(C)Oc2ccc(CCCN(C)CC(c3ccc(Cl)cc3)c3ccc(Cl)cc3)cc2)cc1. The molecule has 4 aromatic rings. The van der Waals surface area contributed by atoms with Crippen molar-refractivity contribution in [2.75, 3.05) is 26.7 Å². The van der Waals surface area contributed by atoms with Crippen LogP contribution in [0.25, 0.3) is 0 Å². The maximum absolute atomic E-state index is 12.8. The first-order valence-corrected chi connectivity index (χ1v) is 15.0. The van der Waals surface area contributed by atoms with Gasteiger partial charge in [0.1, 0.15) is 11.5 Å². The van der Waals surface area contributed by atoms with E-state index in [1.807, 2.05) is 67.6 Å². The molecule has 0 amide bonds. The second kappa shape index (κ2) is 14.7. The number of aryl methyl sites for hydroxylation is 2. The highest BCUT2D eigenvalue weighted by molar-refractivity contribution is 6.30. The van der Waals surface area contributed by atoms with E-state index in [1.165, 1.54) is 16.7 Å². The third kappa shape index (κ3) is 9.35. The quantitative estimate of drug-likeness (QED) is 0.144. The van der Waals surface area contributed by atoms with Crippen LogP contribution >= 0.6 is 23.2 Å². The summed E-state index contributed by atoms with van der Waals surface area (Å²) in [6.45, 7) is 7.36. The number of ketones is 1. The predicted octanol–water partition coefficient (Wildman–Crippen LogP) is 8.80. The number of likely N-dealkylation sites (N-methyl/N-ethyl adjacent to an activating group) is 1. The van der Waals surface area contributed by atoms with Crippen LogP contribution in [0.1, 0.15) is 48.4 Å². The fraction of sp³-hybridized carbons (Fsp3) is 0.306. The molecule has 4 nitrogen and oxygen atoms in total. The van der Waals surface area contributed by atoms with E-state index < -0.39 is 5.60 Å². The lowest BCUT2D eigenvalue weighted by atomic mass is 9.91. The van der Waals surface area contributed by atoms with Gasteiger partial charge in [-0.3, -0.25) is 4.79 Å². The minimum atomic E-state index is -1.00. The Morgan fingerprint density at radius 2 is 1.31 bits per heavy atom. The van der Waals surface area contributed by atoms with E-state index in [-0.39, 0.29) is 18.3 Å². The van der Waals surface area contributed by atoms with Gasteiger partial charge < -0.3 is 14.4 Å². The molecule has 0 radical (unpaired) electrons. The number of nitrogens with zero attached hydrogens (tertiary/aromatic N) is 1. The van der Waals surface area contributed by atoms with Gasteiger partial charge in [0.05, 0.1) is 0 Å². The zero-order chi connectivity index (χ0) is 30.1. The Bertz CT molecular complexity index is 1370. The summed E-state index contributed by atoms with van der Waals surface area (Å²) in [5.74, 6) is 1.43. The van der Waals surface area contributed by atoms with E-state index in [0.29, 0.717) is 11.5 Å². The minimum absolute atomic E-state index is 0.0431. The summed E-state index contributed by atoms with van der Waals surface area (Å²) in [7, 11) is 2.16. The van der Waals surface area contributed by atoms with Crippen LogP contribution in [0.4, 0.5) is 0 Å². The lowest BCUT2D eigenvalue weighted by molar-refractivity contribution is -0.134. The number of carbonyl (C=O) groups is 1. The van der Waals surface area contributed by atoms with Gasteiger partial charge in [0, 0.05) is 22.5 Å². The van der Waals surface area contributed by atoms with E-state index in [1.54, 1.807) is 13.8 Å². The molecule has 220 valence electrons. The van der Waals surface area contributed by atoms with Gasteiger partial charge in [0.15, 0.2) is 12.2 Å². The lowest BCUT2D eigenvalue weighted by Gasteiger charge is -2.25. The number of ether oxygens (including phenoxy) is 2. The average Bonchev–Trinajstić information content (AvgIpc) is 2.97. The number of carbonyl (C=O) groups excluding carboxylic acids is 1. The molecule has 0 unspecified atom stereocenters. The molecule has 0 saturated carbocycles. The number of hydrogen-bond acceptors (Lipinski definition) is 4. The van der Waals surface area contributed by atoms with E-state index >= 15 is 0 Å². The summed E-state index contributed by atoms with van der Waals surface area (Å²) in [6.07, 6.45) is 1.97. The maximum atomic E-state index is 12.8. The molecule has 0 bridgehead atoms. The van der Waals surface area contributed by atoms with Crippen molar-refractivity contribution in [3.63, 3.8) is 0 Å². The molecule has 0 aromatic heterocycles. The second-order valence-electron chi connectivity index (χ2n) is 11.3. The van der Waals surface area contributed by atoms with Crippen molar-refractivity contribution in [3.05, 3.63) is 129 Å². The molecule has 0 atom stereocenters. The van der Waals surface area contributed by atoms with Crippen LogP contribution in [0.15, 0.2) is 97.1 Å². The number of halogens is 2. The number of hydrogen-bond donors (Lipinski definition) is 0. The zero-order valence-electron chi connectivity index (χ0n) is 24.8. The van der Waals surface area contributed by atoms with Crippen LogP contribution in [0, 0.1) is 6.92 Å². The van der Waals surface area contributed by atoms with Crippen molar-refractivity contribution in [1.82, 2.24) is 4.90 Å². The Morgan fingerprint density at radius 3 is 1.86 bits per heavy atom. The van der Waals surface area contributed by atoms with Crippen molar-refractivity contribution in [1.29, 1.82) is 0 Å². The highest BCUT2D eigenvalue weighted by Gasteiger charge is 2.30. The third-order valence-electron chi connectivity index (χ3n) is 7.40. The summed E-state index contributed by atoms with van der Waals surface area (Å²) in [6, 6.07) is 31.9. The smallest absolute Gasteiger partial charge is 0.212 e. The fourth-order valence-electron chi connectivity index (χ4n) is 4.78. The van der Waals surface area contributed by atoms with Crippen molar-refractivity contribution >= 4 is 29.0 Å². The summed E-state index contributed by atoms with van der Waals surface area (Å²) >= 11 is 12.3. The Kier molecular flexibility index (Phi) is 11.1. The van der Waals surface area contributed by atoms with Gasteiger partial charge in [-0.2, -0.15) is 0 Å². The van der Waals surface area contributed by atoms with E-state index in [9.17, 15) is 4.79 Å². The Hall–Kier alpha value is -3.31. The summed E-state index contributed by atoms with van der Waals surface area (Å²) < 4.78 is 11.7. The molecule has 0 aliphatic heterocycles. The van der Waals surface area contributed by atoms with E-state index in [4.69, 9.17) is 32.7 Å². The van der Waals surface area contributed by atoms with Gasteiger partial charge in [-0.25, -0.2) is 0 Å². The highest BCUT2D eigenvalue weighted by atomic mass is 35.5. The van der Waals surface area contributed by atoms with Crippen LogP contribution in [0.5, 0.6) is 11.5 Å². The summed E-state index contributed by atoms with van der Waals surface area (Å²) in [5.41, 5.74) is 3.83. The van der Waals surface area contributed by atoms with Gasteiger partial charge in [0.2, 0.25) is 5.78 Å². The fourth-order valence-corrected chi connectivity index (χ4v) is 5.03. The van der Waals surface area contributed by atoms with Crippen molar-refractivity contribution in [2.45, 2.75) is 45.1 Å². The lowest BCUT2D eigenvalue weighted by Crippen LogP contribution is -2.41. The largest absolute Gasteiger partial charge is 0.486 e. The van der Waals surface area contributed by atoms with Gasteiger partial charge in [-0.15, -0.1) is 0 Å². The third-order valence-corrected chi connectivity index (χ3v) is 7.91. The first-order chi connectivity index (χ1) is 20.1. The summed E-state index contributed by atoms with van der Waals surface area (Å²) in [5, 5.41) is 1.47. The van der Waals surface area contributed by atoms with Crippen LogP contribution < -0.4 is 9.47 Å². The van der Waals surface area contributed by atoms with Crippen molar-refractivity contribution < 1.29 is 14.3 Å². The monoisotopic (exact) mass is 603 g/mol. The van der Waals surface area contributed by atoms with E-state index in [0.717, 1.165) is 41.5 Å². The normalized spacial score (nSPS) is 11.6. The summed E-state index contributed by atoms with van der Waals surface area (Å²) in [4.78, 5) is 15.2. The van der Waals surface area contributed by atoms with Gasteiger partial charge in [-0.1, -0.05) is 77.3 Å². The molecule has 0 spiro atoms. The molecular formula is C36H39Cl2NO3. The van der Waals surface area contributed by atoms with Crippen molar-refractivity contribution in [3.8, 4) is 11.5 Å².